The number of aromatic carboxylic acids is 1. The fourth-order valence-electron chi connectivity index (χ4n) is 1.58. The van der Waals surface area contributed by atoms with Crippen molar-refractivity contribution in [2.24, 2.45) is 5.92 Å². The van der Waals surface area contributed by atoms with Crippen molar-refractivity contribution < 1.29 is 19.1 Å². The molecule has 7 heteroatoms. The van der Waals surface area contributed by atoms with Crippen LogP contribution in [-0.4, -0.2) is 35.7 Å². The Morgan fingerprint density at radius 2 is 2.15 bits per heavy atom. The molecule has 1 aromatic rings. The van der Waals surface area contributed by atoms with E-state index in [1.165, 1.54) is 0 Å². The Balaban J connectivity index is 2.66. The molecule has 0 bridgehead atoms. The summed E-state index contributed by atoms with van der Waals surface area (Å²) in [6.07, 6.45) is 1.97. The van der Waals surface area contributed by atoms with Crippen molar-refractivity contribution in [3.8, 4) is 0 Å². The second kappa shape index (κ2) is 7.74. The minimum Gasteiger partial charge on any atom is -0.478 e. The number of urea groups is 1. The minimum atomic E-state index is -1.23. The average molecular weight is 300 g/mol. The summed E-state index contributed by atoms with van der Waals surface area (Å²) in [6, 6.07) is 2.58. The Morgan fingerprint density at radius 3 is 2.75 bits per heavy atom. The van der Waals surface area contributed by atoms with Crippen LogP contribution in [0.15, 0.2) is 18.2 Å². The summed E-state index contributed by atoms with van der Waals surface area (Å²) in [5, 5.41) is 13.9. The van der Waals surface area contributed by atoms with E-state index >= 15 is 0 Å². The molecular weight excluding hydrogens is 283 g/mol. The number of anilines is 1. The molecule has 0 spiro atoms. The number of nitrogens with one attached hydrogen (secondary N) is 2. The van der Waals surface area contributed by atoms with Gasteiger partial charge in [-0.05, 0) is 36.1 Å². The van der Waals surface area contributed by atoms with Gasteiger partial charge in [0.05, 0.1) is 11.3 Å². The number of benzene rings is 1. The molecular formula is C13H17FN2O3S. The number of carboxylic acid groups (broad SMARTS) is 1. The lowest BCUT2D eigenvalue weighted by Gasteiger charge is -2.13. The first-order valence-corrected chi connectivity index (χ1v) is 7.40. The summed E-state index contributed by atoms with van der Waals surface area (Å²) < 4.78 is 13.1. The fourth-order valence-corrected chi connectivity index (χ4v) is 2.27. The Bertz CT molecular complexity index is 497. The summed E-state index contributed by atoms with van der Waals surface area (Å²) in [5.74, 6) is -0.639. The normalized spacial score (nSPS) is 11.8. The molecule has 0 aliphatic rings. The monoisotopic (exact) mass is 300 g/mol. The molecule has 110 valence electrons. The molecule has 0 heterocycles. The van der Waals surface area contributed by atoms with Crippen molar-refractivity contribution in [3.05, 3.63) is 29.6 Å². The molecule has 0 aliphatic carbocycles. The van der Waals surface area contributed by atoms with Gasteiger partial charge in [0.2, 0.25) is 0 Å². The van der Waals surface area contributed by atoms with Gasteiger partial charge in [0.25, 0.3) is 0 Å². The molecule has 0 saturated heterocycles. The van der Waals surface area contributed by atoms with Crippen molar-refractivity contribution in [2.45, 2.75) is 6.92 Å². The summed E-state index contributed by atoms with van der Waals surface area (Å²) in [7, 11) is 0. The molecule has 1 atom stereocenters. The first-order chi connectivity index (χ1) is 9.43. The zero-order valence-electron chi connectivity index (χ0n) is 11.3. The molecule has 0 saturated carbocycles. The Kier molecular flexibility index (Phi) is 6.30. The first kappa shape index (κ1) is 16.3. The highest BCUT2D eigenvalue weighted by Gasteiger charge is 2.13. The third-order valence-corrected chi connectivity index (χ3v) is 3.42. The van der Waals surface area contributed by atoms with Crippen LogP contribution in [0.1, 0.15) is 17.3 Å². The van der Waals surface area contributed by atoms with Crippen LogP contribution in [0.3, 0.4) is 0 Å². The summed E-state index contributed by atoms with van der Waals surface area (Å²) in [5.41, 5.74) is -0.216. The number of carboxylic acids is 1. The van der Waals surface area contributed by atoms with E-state index in [1.54, 1.807) is 11.8 Å². The molecule has 0 fully saturated rings. The van der Waals surface area contributed by atoms with Crippen molar-refractivity contribution in [2.75, 3.05) is 23.9 Å². The van der Waals surface area contributed by atoms with Crippen LogP contribution >= 0.6 is 11.8 Å². The van der Waals surface area contributed by atoms with Gasteiger partial charge in [-0.1, -0.05) is 6.92 Å². The molecule has 0 aromatic heterocycles. The van der Waals surface area contributed by atoms with Crippen molar-refractivity contribution in [1.29, 1.82) is 0 Å². The van der Waals surface area contributed by atoms with Crippen LogP contribution < -0.4 is 10.6 Å². The summed E-state index contributed by atoms with van der Waals surface area (Å²) in [6.45, 7) is 2.45. The number of hydrogen-bond donors (Lipinski definition) is 3. The molecule has 1 unspecified atom stereocenters. The van der Waals surface area contributed by atoms with Crippen LogP contribution in [0.25, 0.3) is 0 Å². The zero-order chi connectivity index (χ0) is 15.1. The third kappa shape index (κ3) is 5.08. The smallest absolute Gasteiger partial charge is 0.337 e. The van der Waals surface area contributed by atoms with Gasteiger partial charge < -0.3 is 15.7 Å². The van der Waals surface area contributed by atoms with Crippen LogP contribution in [0.2, 0.25) is 0 Å². The highest BCUT2D eigenvalue weighted by Crippen LogP contribution is 2.17. The maximum absolute atomic E-state index is 13.1. The highest BCUT2D eigenvalue weighted by molar-refractivity contribution is 7.98. The van der Waals surface area contributed by atoms with Gasteiger partial charge in [-0.2, -0.15) is 11.8 Å². The molecule has 0 aliphatic heterocycles. The summed E-state index contributed by atoms with van der Waals surface area (Å²) in [4.78, 5) is 22.6. The van der Waals surface area contributed by atoms with E-state index in [0.29, 0.717) is 12.5 Å². The lowest BCUT2D eigenvalue weighted by molar-refractivity contribution is 0.0698. The SMILES string of the molecule is CSCC(C)CNC(=O)Nc1cc(F)ccc1C(=O)O. The first-order valence-electron chi connectivity index (χ1n) is 6.00. The quantitative estimate of drug-likeness (QED) is 0.754. The Morgan fingerprint density at radius 1 is 1.45 bits per heavy atom. The summed E-state index contributed by atoms with van der Waals surface area (Å²) >= 11 is 1.67. The number of thioether (sulfide) groups is 1. The van der Waals surface area contributed by atoms with Crippen LogP contribution in [0.5, 0.6) is 0 Å². The number of rotatable bonds is 6. The lowest BCUT2D eigenvalue weighted by atomic mass is 10.1. The maximum Gasteiger partial charge on any atom is 0.337 e. The lowest BCUT2D eigenvalue weighted by Crippen LogP contribution is -2.33. The van der Waals surface area contributed by atoms with E-state index in [0.717, 1.165) is 24.0 Å². The van der Waals surface area contributed by atoms with Crippen molar-refractivity contribution in [1.82, 2.24) is 5.32 Å². The van der Waals surface area contributed by atoms with Gasteiger partial charge in [0, 0.05) is 6.54 Å². The second-order valence-electron chi connectivity index (χ2n) is 4.39. The molecule has 5 nitrogen and oxygen atoms in total. The van der Waals surface area contributed by atoms with Crippen LogP contribution in [-0.2, 0) is 0 Å². The predicted octanol–water partition coefficient (Wildman–Crippen LogP) is 2.64. The number of halogens is 1. The van der Waals surface area contributed by atoms with Crippen LogP contribution in [0.4, 0.5) is 14.9 Å². The minimum absolute atomic E-state index is 0.0625. The highest BCUT2D eigenvalue weighted by atomic mass is 32.2. The maximum atomic E-state index is 13.1. The Hall–Kier alpha value is -1.76. The van der Waals surface area contributed by atoms with E-state index in [2.05, 4.69) is 10.6 Å². The largest absolute Gasteiger partial charge is 0.478 e. The van der Waals surface area contributed by atoms with Crippen LogP contribution in [0, 0.1) is 11.7 Å². The standard InChI is InChI=1S/C13H17FN2O3S/c1-8(7-20-2)6-15-13(19)16-11-5-9(14)3-4-10(11)12(17)18/h3-5,8H,6-7H2,1-2H3,(H,17,18)(H2,15,16,19). The molecule has 20 heavy (non-hydrogen) atoms. The topological polar surface area (TPSA) is 78.4 Å². The van der Waals surface area contributed by atoms with E-state index in [9.17, 15) is 14.0 Å². The van der Waals surface area contributed by atoms with Gasteiger partial charge in [0.1, 0.15) is 5.82 Å². The third-order valence-electron chi connectivity index (χ3n) is 2.52. The molecule has 2 amide bonds. The van der Waals surface area contributed by atoms with E-state index in [4.69, 9.17) is 5.11 Å². The van der Waals surface area contributed by atoms with Gasteiger partial charge in [-0.15, -0.1) is 0 Å². The predicted molar refractivity (Wildman–Crippen MR) is 77.9 cm³/mol. The van der Waals surface area contributed by atoms with E-state index in [-0.39, 0.29) is 11.3 Å². The second-order valence-corrected chi connectivity index (χ2v) is 5.30. The van der Waals surface area contributed by atoms with Gasteiger partial charge in [0.15, 0.2) is 0 Å². The van der Waals surface area contributed by atoms with Crippen molar-refractivity contribution >= 4 is 29.4 Å². The number of hydrogen-bond acceptors (Lipinski definition) is 3. The van der Waals surface area contributed by atoms with E-state index in [1.807, 2.05) is 13.2 Å². The molecule has 1 aromatic carbocycles. The van der Waals surface area contributed by atoms with Gasteiger partial charge in [-0.25, -0.2) is 14.0 Å². The molecule has 3 N–H and O–H groups in total. The zero-order valence-corrected chi connectivity index (χ0v) is 12.1. The number of amides is 2. The number of carbonyl (C=O) groups excluding carboxylic acids is 1. The van der Waals surface area contributed by atoms with E-state index < -0.39 is 17.8 Å². The number of carbonyl (C=O) groups is 2. The van der Waals surface area contributed by atoms with Gasteiger partial charge >= 0.3 is 12.0 Å². The molecule has 1 rings (SSSR count). The van der Waals surface area contributed by atoms with Gasteiger partial charge in [-0.3, -0.25) is 0 Å². The fraction of sp³-hybridized carbons (Fsp3) is 0.385. The van der Waals surface area contributed by atoms with Crippen molar-refractivity contribution in [3.63, 3.8) is 0 Å². The Labute approximate surface area is 120 Å². The molecule has 0 radical (unpaired) electrons. The average Bonchev–Trinajstić information content (AvgIpc) is 2.36.